The first-order valence-electron chi connectivity index (χ1n) is 10.4. The summed E-state index contributed by atoms with van der Waals surface area (Å²) in [4.78, 5) is 8.82. The minimum Gasteiger partial charge on any atom is -0.494 e. The van der Waals surface area contributed by atoms with Crippen molar-refractivity contribution in [3.63, 3.8) is 0 Å². The molecule has 1 aliphatic rings. The second-order valence-electron chi connectivity index (χ2n) is 8.31. The van der Waals surface area contributed by atoms with E-state index in [2.05, 4.69) is 16.9 Å². The maximum Gasteiger partial charge on any atom is 0.209 e. The average molecular weight is 436 g/mol. The minimum absolute atomic E-state index is 0.0550. The number of aryl methyl sites for hydroxylation is 1. The maximum absolute atomic E-state index is 13.7. The van der Waals surface area contributed by atoms with Crippen LogP contribution in [0.3, 0.4) is 0 Å². The number of methoxy groups -OCH3 is 1. The van der Waals surface area contributed by atoms with Gasteiger partial charge in [0.05, 0.1) is 12.9 Å². The molecule has 3 rings (SSSR count). The Bertz CT molecular complexity index is 951. The molecule has 3 atom stereocenters. The van der Waals surface area contributed by atoms with Crippen molar-refractivity contribution in [1.29, 1.82) is 0 Å². The van der Waals surface area contributed by atoms with Crippen LogP contribution < -0.4 is 9.88 Å². The van der Waals surface area contributed by atoms with Gasteiger partial charge in [-0.15, -0.1) is 0 Å². The molecule has 0 radical (unpaired) electrons. The fraction of sp³-hybridized carbons (Fsp3) is 0.545. The molecular formula is C22H30FN3O3S. The second kappa shape index (κ2) is 9.83. The molecule has 0 bridgehead atoms. The molecule has 1 heterocycles. The van der Waals surface area contributed by atoms with E-state index in [4.69, 9.17) is 9.88 Å². The Balaban J connectivity index is 1.52. The van der Waals surface area contributed by atoms with E-state index in [1.54, 1.807) is 6.07 Å². The van der Waals surface area contributed by atoms with Gasteiger partial charge in [-0.1, -0.05) is 13.0 Å². The summed E-state index contributed by atoms with van der Waals surface area (Å²) >= 11 is 0. The van der Waals surface area contributed by atoms with Crippen molar-refractivity contribution in [1.82, 2.24) is 9.97 Å². The Kier molecular flexibility index (Phi) is 7.41. The highest BCUT2D eigenvalue weighted by Crippen LogP contribution is 2.42. The smallest absolute Gasteiger partial charge is 0.209 e. The van der Waals surface area contributed by atoms with Crippen LogP contribution in [0.4, 0.5) is 4.39 Å². The van der Waals surface area contributed by atoms with Gasteiger partial charge < -0.3 is 4.74 Å². The summed E-state index contributed by atoms with van der Waals surface area (Å²) in [5.41, 5.74) is 2.24. The van der Waals surface area contributed by atoms with Gasteiger partial charge in [0.25, 0.3) is 0 Å². The van der Waals surface area contributed by atoms with Gasteiger partial charge in [-0.2, -0.15) is 0 Å². The average Bonchev–Trinajstić information content (AvgIpc) is 3.16. The molecular weight excluding hydrogens is 405 g/mol. The third-order valence-corrected chi connectivity index (χ3v) is 6.86. The number of nitrogens with zero attached hydrogens (tertiary/aromatic N) is 2. The van der Waals surface area contributed by atoms with E-state index in [1.807, 2.05) is 18.5 Å². The van der Waals surface area contributed by atoms with Crippen molar-refractivity contribution in [2.75, 3.05) is 12.9 Å². The van der Waals surface area contributed by atoms with Crippen LogP contribution in [-0.2, 0) is 16.4 Å². The van der Waals surface area contributed by atoms with Gasteiger partial charge in [0.15, 0.2) is 11.6 Å². The van der Waals surface area contributed by atoms with Crippen LogP contribution >= 0.6 is 0 Å². The highest BCUT2D eigenvalue weighted by Gasteiger charge is 2.28. The molecule has 1 aromatic heterocycles. The molecule has 6 nitrogen and oxygen atoms in total. The summed E-state index contributed by atoms with van der Waals surface area (Å²) in [5, 5.41) is 5.02. The third kappa shape index (κ3) is 6.22. The third-order valence-electron chi connectivity index (χ3n) is 6.00. The molecule has 2 aromatic rings. The first kappa shape index (κ1) is 22.6. The fourth-order valence-corrected chi connectivity index (χ4v) is 4.89. The highest BCUT2D eigenvalue weighted by molar-refractivity contribution is 7.89. The lowest BCUT2D eigenvalue weighted by Gasteiger charge is -2.18. The molecule has 0 saturated heterocycles. The van der Waals surface area contributed by atoms with E-state index in [1.165, 1.54) is 13.2 Å². The Morgan fingerprint density at radius 2 is 2.00 bits per heavy atom. The molecule has 30 heavy (non-hydrogen) atoms. The van der Waals surface area contributed by atoms with Gasteiger partial charge in [0, 0.05) is 18.8 Å². The number of rotatable bonds is 9. The fourth-order valence-electron chi connectivity index (χ4n) is 4.35. The molecule has 1 saturated carbocycles. The van der Waals surface area contributed by atoms with E-state index in [0.717, 1.165) is 36.8 Å². The number of hydrogen-bond acceptors (Lipinski definition) is 5. The second-order valence-corrected chi connectivity index (χ2v) is 10.0. The van der Waals surface area contributed by atoms with Gasteiger partial charge in [-0.3, -0.25) is 0 Å². The highest BCUT2D eigenvalue weighted by atomic mass is 32.2. The molecule has 1 aliphatic carbocycles. The Hall–Kier alpha value is -2.06. The van der Waals surface area contributed by atoms with Gasteiger partial charge in [0.2, 0.25) is 10.0 Å². The Morgan fingerprint density at radius 1 is 1.27 bits per heavy atom. The topological polar surface area (TPSA) is 95.2 Å². The molecule has 164 valence electrons. The van der Waals surface area contributed by atoms with Gasteiger partial charge >= 0.3 is 0 Å². The van der Waals surface area contributed by atoms with Crippen LogP contribution in [-0.4, -0.2) is 31.2 Å². The normalized spacial score (nSPS) is 20.3. The predicted octanol–water partition coefficient (Wildman–Crippen LogP) is 3.92. The lowest BCUT2D eigenvalue weighted by molar-refractivity contribution is 0.384. The summed E-state index contributed by atoms with van der Waals surface area (Å²) < 4.78 is 40.8. The number of ether oxygens (including phenoxy) is 1. The minimum atomic E-state index is -3.44. The zero-order chi connectivity index (χ0) is 21.7. The van der Waals surface area contributed by atoms with E-state index >= 15 is 0 Å². The largest absolute Gasteiger partial charge is 0.494 e. The summed E-state index contributed by atoms with van der Waals surface area (Å²) in [6.07, 6.45) is 9.09. The van der Waals surface area contributed by atoms with E-state index in [-0.39, 0.29) is 11.6 Å². The molecule has 0 aliphatic heterocycles. The predicted molar refractivity (Wildman–Crippen MR) is 114 cm³/mol. The number of aromatic nitrogens is 2. The zero-order valence-corrected chi connectivity index (χ0v) is 18.4. The van der Waals surface area contributed by atoms with Crippen LogP contribution in [0, 0.1) is 11.7 Å². The molecule has 0 amide bonds. The van der Waals surface area contributed by atoms with Crippen molar-refractivity contribution in [2.45, 2.75) is 57.3 Å². The molecule has 0 spiro atoms. The van der Waals surface area contributed by atoms with Crippen LogP contribution in [0.25, 0.3) is 0 Å². The standard InChI is InChI=1S/C22H30FN3O3S/c1-15(17-7-8-20(23)21(12-17)29-2)10-16-5-6-18(11-16)19-13-25-22(26-14-19)4-3-9-30(24,27)28/h7-8,12-16,18H,3-6,9-11H2,1-2H3,(H2,24,27,28)/t15-,16+,18+/m0/s1. The van der Waals surface area contributed by atoms with Crippen molar-refractivity contribution < 1.29 is 17.5 Å². The molecule has 0 unspecified atom stereocenters. The van der Waals surface area contributed by atoms with Crippen molar-refractivity contribution >= 4 is 10.0 Å². The SMILES string of the molecule is COc1cc([C@@H](C)C[C@H]2CC[C@@H](c3cnc(CCCS(N)(=O)=O)nc3)C2)ccc1F. The number of nitrogens with two attached hydrogens (primary N) is 1. The summed E-state index contributed by atoms with van der Waals surface area (Å²) in [7, 11) is -1.95. The first-order chi connectivity index (χ1) is 14.2. The van der Waals surface area contributed by atoms with Crippen molar-refractivity contribution in [3.05, 3.63) is 53.4 Å². The quantitative estimate of drug-likeness (QED) is 0.644. The van der Waals surface area contributed by atoms with Crippen LogP contribution in [0.5, 0.6) is 5.75 Å². The van der Waals surface area contributed by atoms with Crippen LogP contribution in [0.1, 0.15) is 67.8 Å². The lowest BCUT2D eigenvalue weighted by Crippen LogP contribution is -2.17. The van der Waals surface area contributed by atoms with Crippen LogP contribution in [0.15, 0.2) is 30.6 Å². The van der Waals surface area contributed by atoms with Gasteiger partial charge in [-0.25, -0.2) is 27.9 Å². The molecule has 1 aromatic carbocycles. The van der Waals surface area contributed by atoms with Crippen LogP contribution in [0.2, 0.25) is 0 Å². The van der Waals surface area contributed by atoms with Crippen molar-refractivity contribution in [3.8, 4) is 5.75 Å². The number of halogens is 1. The number of hydrogen-bond donors (Lipinski definition) is 1. The summed E-state index contributed by atoms with van der Waals surface area (Å²) in [6, 6.07) is 5.12. The van der Waals surface area contributed by atoms with Gasteiger partial charge in [-0.05, 0) is 73.1 Å². The Labute approximate surface area is 178 Å². The maximum atomic E-state index is 13.7. The van der Waals surface area contributed by atoms with E-state index < -0.39 is 10.0 Å². The number of benzene rings is 1. The molecule has 1 fully saturated rings. The summed E-state index contributed by atoms with van der Waals surface area (Å²) in [5.74, 6) is 1.95. The lowest BCUT2D eigenvalue weighted by atomic mass is 9.88. The Morgan fingerprint density at radius 3 is 2.67 bits per heavy atom. The number of primary sulfonamides is 1. The molecule has 2 N–H and O–H groups in total. The van der Waals surface area contributed by atoms with E-state index in [9.17, 15) is 12.8 Å². The van der Waals surface area contributed by atoms with Crippen molar-refractivity contribution in [2.24, 2.45) is 11.1 Å². The summed E-state index contributed by atoms with van der Waals surface area (Å²) in [6.45, 7) is 2.18. The monoisotopic (exact) mass is 435 g/mol. The zero-order valence-electron chi connectivity index (χ0n) is 17.6. The number of sulfonamides is 1. The van der Waals surface area contributed by atoms with Gasteiger partial charge in [0.1, 0.15) is 5.82 Å². The molecule has 8 heteroatoms. The van der Waals surface area contributed by atoms with E-state index in [0.29, 0.717) is 42.2 Å². The first-order valence-corrected chi connectivity index (χ1v) is 12.1.